The maximum Gasteiger partial charge on any atom is 0.240 e. The molecular weight excluding hydrogens is 418 g/mol. The van der Waals surface area contributed by atoms with E-state index in [1.807, 2.05) is 6.92 Å². The van der Waals surface area contributed by atoms with Crippen molar-refractivity contribution < 1.29 is 22.7 Å². The van der Waals surface area contributed by atoms with E-state index in [9.17, 15) is 18.0 Å². The lowest BCUT2D eigenvalue weighted by molar-refractivity contribution is -0.135. The highest BCUT2D eigenvalue weighted by molar-refractivity contribution is 7.89. The zero-order valence-electron chi connectivity index (χ0n) is 18.6. The zero-order valence-corrected chi connectivity index (χ0v) is 19.4. The molecule has 1 heterocycles. The highest BCUT2D eigenvalue weighted by atomic mass is 32.2. The number of benzene rings is 1. The van der Waals surface area contributed by atoms with Crippen molar-refractivity contribution in [2.45, 2.75) is 57.3 Å². The van der Waals surface area contributed by atoms with Gasteiger partial charge >= 0.3 is 0 Å². The van der Waals surface area contributed by atoms with Gasteiger partial charge in [0.2, 0.25) is 21.8 Å². The number of rotatable bonds is 12. The molecule has 2 N–H and O–H groups in total. The van der Waals surface area contributed by atoms with Crippen molar-refractivity contribution in [2.75, 3.05) is 32.8 Å². The van der Waals surface area contributed by atoms with Gasteiger partial charge in [0, 0.05) is 38.5 Å². The van der Waals surface area contributed by atoms with E-state index in [-0.39, 0.29) is 35.6 Å². The summed E-state index contributed by atoms with van der Waals surface area (Å²) in [5.41, 5.74) is 0. The minimum absolute atomic E-state index is 0.0339. The van der Waals surface area contributed by atoms with Crippen LogP contribution in [0, 0.1) is 5.92 Å². The molecule has 2 rings (SSSR count). The number of carbonyl (C=O) groups is 2. The molecule has 1 fully saturated rings. The van der Waals surface area contributed by atoms with E-state index in [1.54, 1.807) is 17.0 Å². The average molecular weight is 454 g/mol. The standard InChI is InChI=1S/C22H35N3O5S/c1-3-5-6-14-23-22(27)18-12-16-25(17-13-18)21(26)11-15-24-31(28,29)20-9-7-19(8-10-20)30-4-2/h7-10,18,24H,3-6,11-17H2,1-2H3,(H,23,27). The fourth-order valence-electron chi connectivity index (χ4n) is 3.54. The van der Waals surface area contributed by atoms with Crippen LogP contribution in [-0.4, -0.2) is 57.9 Å². The Morgan fingerprint density at radius 3 is 2.35 bits per heavy atom. The quantitative estimate of drug-likeness (QED) is 0.473. The average Bonchev–Trinajstić information content (AvgIpc) is 2.77. The summed E-state index contributed by atoms with van der Waals surface area (Å²) < 4.78 is 32.6. The summed E-state index contributed by atoms with van der Waals surface area (Å²) in [7, 11) is -3.68. The van der Waals surface area contributed by atoms with Gasteiger partial charge in [-0.25, -0.2) is 13.1 Å². The number of piperidine rings is 1. The highest BCUT2D eigenvalue weighted by Crippen LogP contribution is 2.19. The van der Waals surface area contributed by atoms with E-state index in [1.165, 1.54) is 12.1 Å². The maximum atomic E-state index is 12.4. The third-order valence-corrected chi connectivity index (χ3v) is 6.85. The first-order valence-corrected chi connectivity index (χ1v) is 12.6. The molecule has 0 bridgehead atoms. The van der Waals surface area contributed by atoms with Gasteiger partial charge in [-0.05, 0) is 50.5 Å². The minimum Gasteiger partial charge on any atom is -0.494 e. The second-order valence-electron chi connectivity index (χ2n) is 7.71. The number of nitrogens with zero attached hydrogens (tertiary/aromatic N) is 1. The number of nitrogens with one attached hydrogen (secondary N) is 2. The Bertz CT molecular complexity index is 803. The summed E-state index contributed by atoms with van der Waals surface area (Å²) in [5, 5.41) is 2.98. The van der Waals surface area contributed by atoms with Gasteiger partial charge in [-0.1, -0.05) is 19.8 Å². The smallest absolute Gasteiger partial charge is 0.240 e. The molecular formula is C22H35N3O5S. The van der Waals surface area contributed by atoms with E-state index in [2.05, 4.69) is 17.0 Å². The Morgan fingerprint density at radius 1 is 1.06 bits per heavy atom. The lowest BCUT2D eigenvalue weighted by atomic mass is 9.95. The van der Waals surface area contributed by atoms with Crippen LogP contribution in [0.2, 0.25) is 0 Å². The Balaban J connectivity index is 1.71. The first-order valence-electron chi connectivity index (χ1n) is 11.2. The largest absolute Gasteiger partial charge is 0.494 e. The molecule has 1 aromatic carbocycles. The van der Waals surface area contributed by atoms with Crippen LogP contribution >= 0.6 is 0 Å². The van der Waals surface area contributed by atoms with Crippen molar-refractivity contribution in [1.29, 1.82) is 0 Å². The van der Waals surface area contributed by atoms with E-state index in [0.29, 0.717) is 44.8 Å². The summed E-state index contributed by atoms with van der Waals surface area (Å²) in [6, 6.07) is 6.17. The first-order chi connectivity index (χ1) is 14.9. The molecule has 0 unspecified atom stereocenters. The van der Waals surface area contributed by atoms with Gasteiger partial charge in [0.05, 0.1) is 11.5 Å². The number of sulfonamides is 1. The van der Waals surface area contributed by atoms with Crippen LogP contribution in [0.25, 0.3) is 0 Å². The molecule has 1 aliphatic rings. The second-order valence-corrected chi connectivity index (χ2v) is 9.47. The van der Waals surface area contributed by atoms with Gasteiger partial charge in [-0.3, -0.25) is 9.59 Å². The molecule has 1 saturated heterocycles. The molecule has 0 spiro atoms. The van der Waals surface area contributed by atoms with Crippen molar-refractivity contribution in [3.63, 3.8) is 0 Å². The summed E-state index contributed by atoms with van der Waals surface area (Å²) in [5.74, 6) is 0.529. The molecule has 174 valence electrons. The molecule has 8 nitrogen and oxygen atoms in total. The van der Waals surface area contributed by atoms with Crippen molar-refractivity contribution in [2.24, 2.45) is 5.92 Å². The summed E-state index contributed by atoms with van der Waals surface area (Å²) in [4.78, 5) is 26.5. The van der Waals surface area contributed by atoms with Gasteiger partial charge in [0.15, 0.2) is 0 Å². The predicted octanol–water partition coefficient (Wildman–Crippen LogP) is 2.30. The third-order valence-electron chi connectivity index (χ3n) is 5.37. The van der Waals surface area contributed by atoms with E-state index in [4.69, 9.17) is 4.74 Å². The summed E-state index contributed by atoms with van der Waals surface area (Å²) >= 11 is 0. The number of likely N-dealkylation sites (tertiary alicyclic amines) is 1. The van der Waals surface area contributed by atoms with Crippen LogP contribution in [0.5, 0.6) is 5.75 Å². The lowest BCUT2D eigenvalue weighted by Crippen LogP contribution is -2.43. The van der Waals surface area contributed by atoms with E-state index < -0.39 is 10.0 Å². The number of carbonyl (C=O) groups excluding carboxylic acids is 2. The Morgan fingerprint density at radius 2 is 1.74 bits per heavy atom. The van der Waals surface area contributed by atoms with Gasteiger partial charge in [-0.2, -0.15) is 0 Å². The number of hydrogen-bond acceptors (Lipinski definition) is 5. The van der Waals surface area contributed by atoms with Gasteiger partial charge in [0.25, 0.3) is 0 Å². The fourth-order valence-corrected chi connectivity index (χ4v) is 4.57. The number of hydrogen-bond donors (Lipinski definition) is 2. The number of unbranched alkanes of at least 4 members (excludes halogenated alkanes) is 2. The molecule has 0 saturated carbocycles. The van der Waals surface area contributed by atoms with Gasteiger partial charge < -0.3 is 15.0 Å². The third kappa shape index (κ3) is 8.14. The van der Waals surface area contributed by atoms with Crippen molar-refractivity contribution in [3.05, 3.63) is 24.3 Å². The number of amides is 2. The van der Waals surface area contributed by atoms with Crippen LogP contribution in [-0.2, 0) is 19.6 Å². The maximum absolute atomic E-state index is 12.4. The van der Waals surface area contributed by atoms with Crippen LogP contribution in [0.4, 0.5) is 0 Å². The van der Waals surface area contributed by atoms with Gasteiger partial charge in [0.1, 0.15) is 5.75 Å². The summed E-state index contributed by atoms with van der Waals surface area (Å²) in [6.45, 7) is 6.28. The Labute approximate surface area is 185 Å². The molecule has 0 radical (unpaired) electrons. The van der Waals surface area contributed by atoms with Crippen molar-refractivity contribution >= 4 is 21.8 Å². The molecule has 1 aromatic rings. The molecule has 2 amide bonds. The van der Waals surface area contributed by atoms with E-state index >= 15 is 0 Å². The van der Waals surface area contributed by atoms with E-state index in [0.717, 1.165) is 19.3 Å². The minimum atomic E-state index is -3.68. The van der Waals surface area contributed by atoms with Crippen molar-refractivity contribution in [1.82, 2.24) is 14.9 Å². The monoisotopic (exact) mass is 453 g/mol. The second kappa shape index (κ2) is 12.7. The summed E-state index contributed by atoms with van der Waals surface area (Å²) in [6.07, 6.45) is 4.59. The fraction of sp³-hybridized carbons (Fsp3) is 0.636. The SMILES string of the molecule is CCCCCNC(=O)C1CCN(C(=O)CCNS(=O)(=O)c2ccc(OCC)cc2)CC1. The zero-order chi connectivity index (χ0) is 22.7. The topological polar surface area (TPSA) is 105 Å². The van der Waals surface area contributed by atoms with Crippen LogP contribution in [0.3, 0.4) is 0 Å². The molecule has 0 aliphatic carbocycles. The molecule has 31 heavy (non-hydrogen) atoms. The molecule has 0 atom stereocenters. The Hall–Kier alpha value is -2.13. The lowest BCUT2D eigenvalue weighted by Gasteiger charge is -2.31. The predicted molar refractivity (Wildman–Crippen MR) is 119 cm³/mol. The van der Waals surface area contributed by atoms with Crippen molar-refractivity contribution in [3.8, 4) is 5.75 Å². The molecule has 1 aliphatic heterocycles. The highest BCUT2D eigenvalue weighted by Gasteiger charge is 2.27. The molecule has 0 aromatic heterocycles. The molecule has 9 heteroatoms. The Kier molecular flexibility index (Phi) is 10.3. The first kappa shape index (κ1) is 25.1. The van der Waals surface area contributed by atoms with Crippen LogP contribution in [0.1, 0.15) is 52.4 Å². The van der Waals surface area contributed by atoms with Crippen LogP contribution in [0.15, 0.2) is 29.2 Å². The van der Waals surface area contributed by atoms with Gasteiger partial charge in [-0.15, -0.1) is 0 Å². The van der Waals surface area contributed by atoms with Crippen LogP contribution < -0.4 is 14.8 Å². The number of ether oxygens (including phenoxy) is 1. The normalized spacial score (nSPS) is 15.0.